The number of carbonyl (C=O) groups excluding carboxylic acids is 1. The number of hydrogen-bond donors (Lipinski definition) is 1. The van der Waals surface area contributed by atoms with Gasteiger partial charge in [0.2, 0.25) is 0 Å². The number of fused-ring (bicyclic) bond motifs is 4. The summed E-state index contributed by atoms with van der Waals surface area (Å²) in [6, 6.07) is 11.5. The van der Waals surface area contributed by atoms with Gasteiger partial charge in [-0.25, -0.2) is 0 Å². The van der Waals surface area contributed by atoms with Crippen molar-refractivity contribution >= 4 is 25.0 Å². The van der Waals surface area contributed by atoms with Gasteiger partial charge in [0.1, 0.15) is 24.6 Å². The molecule has 6 nitrogen and oxygen atoms in total. The summed E-state index contributed by atoms with van der Waals surface area (Å²) in [4.78, 5) is 17.2. The van der Waals surface area contributed by atoms with Crippen LogP contribution in [-0.4, -0.2) is 50.3 Å². The van der Waals surface area contributed by atoms with Crippen molar-refractivity contribution in [3.05, 3.63) is 64.3 Å². The first-order valence-electron chi connectivity index (χ1n) is 14.0. The Balaban J connectivity index is 1.37. The van der Waals surface area contributed by atoms with Crippen LogP contribution >= 0.6 is 0 Å². The Morgan fingerprint density at radius 3 is 2.35 bits per heavy atom. The molecule has 0 radical (unpaired) electrons. The third-order valence-electron chi connectivity index (χ3n) is 8.84. The van der Waals surface area contributed by atoms with E-state index in [0.29, 0.717) is 30.1 Å². The summed E-state index contributed by atoms with van der Waals surface area (Å²) in [5.74, 6) is 2.65. The molecule has 40 heavy (non-hydrogen) atoms. The van der Waals surface area contributed by atoms with Gasteiger partial charge in [0.05, 0.1) is 12.2 Å². The van der Waals surface area contributed by atoms with Crippen molar-refractivity contribution in [1.29, 1.82) is 0 Å². The van der Waals surface area contributed by atoms with Crippen molar-refractivity contribution in [1.82, 2.24) is 4.98 Å². The quantitative estimate of drug-likeness (QED) is 0.262. The Hall–Kier alpha value is -2.89. The summed E-state index contributed by atoms with van der Waals surface area (Å²) in [5.41, 5.74) is 4.43. The second-order valence-corrected chi connectivity index (χ2v) is 18.3. The van der Waals surface area contributed by atoms with E-state index in [-0.39, 0.29) is 23.0 Å². The maximum atomic E-state index is 13.7. The molecule has 2 aromatic carbocycles. The second-order valence-electron chi connectivity index (χ2n) is 13.5. The fourth-order valence-electron chi connectivity index (χ4n) is 5.47. The number of aromatic amines is 1. The summed E-state index contributed by atoms with van der Waals surface area (Å²) in [7, 11) is -1.94. The Morgan fingerprint density at radius 1 is 1.02 bits per heavy atom. The first-order chi connectivity index (χ1) is 18.5. The summed E-state index contributed by atoms with van der Waals surface area (Å²) >= 11 is 0. The number of hydrogen-bond acceptors (Lipinski definition) is 5. The van der Waals surface area contributed by atoms with Gasteiger partial charge in [-0.3, -0.25) is 4.79 Å². The van der Waals surface area contributed by atoms with Crippen LogP contribution < -0.4 is 4.74 Å². The molecule has 0 bridgehead atoms. The van der Waals surface area contributed by atoms with E-state index in [1.165, 1.54) is 0 Å². The maximum absolute atomic E-state index is 13.7. The molecule has 2 aliphatic rings. The molecule has 1 aliphatic heterocycles. The molecule has 1 fully saturated rings. The predicted molar refractivity (Wildman–Crippen MR) is 161 cm³/mol. The average molecular weight is 560 g/mol. The fraction of sp³-hybridized carbons (Fsp3) is 0.485. The number of ketones is 1. The zero-order valence-corrected chi connectivity index (χ0v) is 26.2. The number of nitrogens with one attached hydrogen (secondary N) is 1. The molecule has 1 aliphatic carbocycles. The summed E-state index contributed by atoms with van der Waals surface area (Å²) in [5, 5.41) is 1.00. The third-order valence-corrected chi connectivity index (χ3v) is 13.3. The first kappa shape index (κ1) is 28.6. The minimum Gasteiger partial charge on any atom is -0.491 e. The van der Waals surface area contributed by atoms with Gasteiger partial charge >= 0.3 is 0 Å². The van der Waals surface area contributed by atoms with E-state index in [4.69, 9.17) is 25.1 Å². The van der Waals surface area contributed by atoms with Gasteiger partial charge < -0.3 is 23.6 Å². The number of terminal acetylenes is 1. The van der Waals surface area contributed by atoms with E-state index >= 15 is 0 Å². The molecular formula is C33H41NO5Si. The Labute approximate surface area is 238 Å². The van der Waals surface area contributed by atoms with E-state index in [0.717, 1.165) is 27.7 Å². The number of H-pyrrole nitrogens is 1. The highest BCUT2D eigenvalue weighted by Gasteiger charge is 2.45. The molecule has 0 spiro atoms. The highest BCUT2D eigenvalue weighted by molar-refractivity contribution is 6.74. The molecule has 2 atom stereocenters. The van der Waals surface area contributed by atoms with Gasteiger partial charge in [-0.1, -0.05) is 46.6 Å². The van der Waals surface area contributed by atoms with E-state index < -0.39 is 19.5 Å². The smallest absolute Gasteiger partial charge is 0.195 e. The highest BCUT2D eigenvalue weighted by atomic mass is 28.4. The second kappa shape index (κ2) is 9.59. The van der Waals surface area contributed by atoms with E-state index in [2.05, 4.69) is 58.6 Å². The number of benzene rings is 2. The lowest BCUT2D eigenvalue weighted by Crippen LogP contribution is -2.44. The van der Waals surface area contributed by atoms with Crippen molar-refractivity contribution in [2.45, 2.75) is 90.0 Å². The molecule has 7 heteroatoms. The molecule has 1 N–H and O–H groups in total. The summed E-state index contributed by atoms with van der Waals surface area (Å²) in [6.45, 7) is 20.0. The number of rotatable bonds is 6. The standard InChI is InChI=1S/C33H41NO5Si/c1-11-20-12-14-23-25(16-20)34-30-28(23)29(35)22-15-13-21(17-24(22)32(30,5)6)36-18-26-27(39-33(7,8)38-26)19-37-40(9,10)31(2,3)4/h1,12-17,26-27,34H,18-19H2,2-10H3/t26-,27-/m1/s1. The third kappa shape index (κ3) is 4.92. The zero-order chi connectivity index (χ0) is 29.3. The first-order valence-corrected chi connectivity index (χ1v) is 16.9. The molecule has 212 valence electrons. The zero-order valence-electron chi connectivity index (χ0n) is 25.2. The lowest BCUT2D eigenvalue weighted by atomic mass is 9.71. The largest absolute Gasteiger partial charge is 0.491 e. The van der Waals surface area contributed by atoms with Crippen LogP contribution in [0.2, 0.25) is 18.1 Å². The Morgan fingerprint density at radius 2 is 1.70 bits per heavy atom. The van der Waals surface area contributed by atoms with Gasteiger partial charge in [0.25, 0.3) is 0 Å². The van der Waals surface area contributed by atoms with Crippen LogP contribution in [0.3, 0.4) is 0 Å². The number of ether oxygens (including phenoxy) is 3. The molecule has 0 saturated carbocycles. The van der Waals surface area contributed by atoms with Crippen LogP contribution in [0.15, 0.2) is 36.4 Å². The SMILES string of the molecule is C#Cc1ccc2c3c([nH]c2c1)C(C)(C)c1cc(OC[C@H]2OC(C)(C)O[C@@H]2CO[Si](C)(C)C(C)(C)C)ccc1C3=O. The topological polar surface area (TPSA) is 69.8 Å². The van der Waals surface area contributed by atoms with Crippen LogP contribution in [0, 0.1) is 12.3 Å². The molecule has 2 heterocycles. The van der Waals surface area contributed by atoms with Crippen molar-refractivity contribution in [2.24, 2.45) is 0 Å². The van der Waals surface area contributed by atoms with Gasteiger partial charge in [0, 0.05) is 33.1 Å². The summed E-state index contributed by atoms with van der Waals surface area (Å²) < 4.78 is 25.2. The number of carbonyl (C=O) groups is 1. The van der Waals surface area contributed by atoms with Crippen molar-refractivity contribution < 1.29 is 23.4 Å². The van der Waals surface area contributed by atoms with E-state index in [1.54, 1.807) is 0 Å². The lowest BCUT2D eigenvalue weighted by Gasteiger charge is -2.37. The minimum absolute atomic E-state index is 0.00713. The molecule has 1 aromatic heterocycles. The predicted octanol–water partition coefficient (Wildman–Crippen LogP) is 6.94. The van der Waals surface area contributed by atoms with E-state index in [1.807, 2.05) is 50.2 Å². The van der Waals surface area contributed by atoms with Gasteiger partial charge in [-0.2, -0.15) is 0 Å². The van der Waals surface area contributed by atoms with Gasteiger partial charge in [-0.15, -0.1) is 6.42 Å². The van der Waals surface area contributed by atoms with Crippen LogP contribution in [0.25, 0.3) is 10.9 Å². The van der Waals surface area contributed by atoms with E-state index in [9.17, 15) is 4.79 Å². The van der Waals surface area contributed by atoms with Gasteiger partial charge in [-0.05, 0) is 67.9 Å². The minimum atomic E-state index is -1.94. The normalized spacial score (nSPS) is 21.6. The van der Waals surface area contributed by atoms with Crippen LogP contribution in [0.5, 0.6) is 5.75 Å². The van der Waals surface area contributed by atoms with Crippen molar-refractivity contribution in [2.75, 3.05) is 13.2 Å². The van der Waals surface area contributed by atoms with Crippen LogP contribution in [0.4, 0.5) is 0 Å². The lowest BCUT2D eigenvalue weighted by molar-refractivity contribution is -0.150. The van der Waals surface area contributed by atoms with Crippen molar-refractivity contribution in [3.63, 3.8) is 0 Å². The molecule has 0 amide bonds. The van der Waals surface area contributed by atoms with Crippen LogP contribution in [-0.2, 0) is 19.3 Å². The van der Waals surface area contributed by atoms with Gasteiger partial charge in [0.15, 0.2) is 19.9 Å². The monoisotopic (exact) mass is 559 g/mol. The average Bonchev–Trinajstić information content (AvgIpc) is 3.41. The van der Waals surface area contributed by atoms with Crippen molar-refractivity contribution in [3.8, 4) is 18.1 Å². The molecule has 1 saturated heterocycles. The van der Waals surface area contributed by atoms with Crippen LogP contribution in [0.1, 0.15) is 81.2 Å². The number of aromatic nitrogens is 1. The molecular weight excluding hydrogens is 518 g/mol. The Bertz CT molecular complexity index is 1520. The molecule has 5 rings (SSSR count). The maximum Gasteiger partial charge on any atom is 0.195 e. The fourth-order valence-corrected chi connectivity index (χ4v) is 6.48. The molecule has 3 aromatic rings. The molecule has 0 unspecified atom stereocenters. The Kier molecular flexibility index (Phi) is 6.87. The summed E-state index contributed by atoms with van der Waals surface area (Å²) in [6.07, 6.45) is 5.10. The highest BCUT2D eigenvalue weighted by Crippen LogP contribution is 2.45.